The first-order valence-electron chi connectivity index (χ1n) is 7.97. The maximum absolute atomic E-state index is 12.1. The number of ether oxygens (including phenoxy) is 2. The molecule has 0 spiro atoms. The summed E-state index contributed by atoms with van der Waals surface area (Å²) in [5, 5.41) is 4.78. The zero-order valence-corrected chi connectivity index (χ0v) is 14.9. The van der Waals surface area contributed by atoms with Crippen LogP contribution in [0.4, 0.5) is 0 Å². The van der Waals surface area contributed by atoms with Crippen LogP contribution in [0.2, 0.25) is 5.02 Å². The average Bonchev–Trinajstić information content (AvgIpc) is 3.02. The molecule has 6 heteroatoms. The van der Waals surface area contributed by atoms with Crippen LogP contribution in [0.15, 0.2) is 42.7 Å². The molecular formula is C19H19ClN2O3. The predicted octanol–water partition coefficient (Wildman–Crippen LogP) is 4.27. The van der Waals surface area contributed by atoms with Gasteiger partial charge in [0.05, 0.1) is 18.3 Å². The SMILES string of the molecule is COCCCC(=O)c1ccc(-c2cc(OC)c3c(Cl)cnn3c2)cc1. The molecule has 0 aliphatic rings. The molecule has 1 aromatic carbocycles. The van der Waals surface area contributed by atoms with Gasteiger partial charge in [-0.2, -0.15) is 5.10 Å². The van der Waals surface area contributed by atoms with E-state index in [9.17, 15) is 4.79 Å². The van der Waals surface area contributed by atoms with Gasteiger partial charge in [0.1, 0.15) is 11.3 Å². The molecule has 0 unspecified atom stereocenters. The number of methoxy groups -OCH3 is 2. The van der Waals surface area contributed by atoms with Crippen LogP contribution in [-0.2, 0) is 4.74 Å². The van der Waals surface area contributed by atoms with E-state index in [1.165, 1.54) is 0 Å². The molecule has 130 valence electrons. The van der Waals surface area contributed by atoms with Crippen LogP contribution in [0, 0.1) is 0 Å². The summed E-state index contributed by atoms with van der Waals surface area (Å²) in [6, 6.07) is 9.46. The van der Waals surface area contributed by atoms with E-state index in [0.717, 1.165) is 23.1 Å². The summed E-state index contributed by atoms with van der Waals surface area (Å²) in [6.07, 6.45) is 4.69. The summed E-state index contributed by atoms with van der Waals surface area (Å²) in [5.41, 5.74) is 3.34. The number of fused-ring (bicyclic) bond motifs is 1. The first-order chi connectivity index (χ1) is 12.1. The Balaban J connectivity index is 1.87. The summed E-state index contributed by atoms with van der Waals surface area (Å²) in [6.45, 7) is 0.593. The van der Waals surface area contributed by atoms with Crippen molar-refractivity contribution in [3.63, 3.8) is 0 Å². The Morgan fingerprint density at radius 3 is 2.64 bits per heavy atom. The van der Waals surface area contributed by atoms with E-state index in [-0.39, 0.29) is 5.78 Å². The summed E-state index contributed by atoms with van der Waals surface area (Å²) in [4.78, 5) is 12.1. The van der Waals surface area contributed by atoms with Crippen molar-refractivity contribution in [2.75, 3.05) is 20.8 Å². The molecule has 0 saturated heterocycles. The molecule has 2 heterocycles. The Morgan fingerprint density at radius 1 is 1.20 bits per heavy atom. The van der Waals surface area contributed by atoms with E-state index in [2.05, 4.69) is 5.10 Å². The highest BCUT2D eigenvalue weighted by Gasteiger charge is 2.12. The fourth-order valence-corrected chi connectivity index (χ4v) is 2.96. The van der Waals surface area contributed by atoms with Crippen LogP contribution in [0.5, 0.6) is 5.75 Å². The number of rotatable bonds is 7. The number of hydrogen-bond acceptors (Lipinski definition) is 4. The molecule has 5 nitrogen and oxygen atoms in total. The van der Waals surface area contributed by atoms with Crippen LogP contribution in [-0.4, -0.2) is 36.2 Å². The lowest BCUT2D eigenvalue weighted by atomic mass is 10.0. The van der Waals surface area contributed by atoms with Crippen molar-refractivity contribution >= 4 is 22.9 Å². The van der Waals surface area contributed by atoms with Gasteiger partial charge in [-0.3, -0.25) is 4.79 Å². The van der Waals surface area contributed by atoms with Gasteiger partial charge >= 0.3 is 0 Å². The zero-order valence-electron chi connectivity index (χ0n) is 14.2. The third-order valence-electron chi connectivity index (χ3n) is 4.04. The Hall–Kier alpha value is -2.37. The van der Waals surface area contributed by atoms with Gasteiger partial charge < -0.3 is 9.47 Å². The number of carbonyl (C=O) groups is 1. The molecule has 0 aliphatic carbocycles. The molecule has 2 aromatic heterocycles. The van der Waals surface area contributed by atoms with Gasteiger partial charge in [-0.15, -0.1) is 0 Å². The van der Waals surface area contributed by atoms with Crippen LogP contribution < -0.4 is 4.74 Å². The van der Waals surface area contributed by atoms with E-state index < -0.39 is 0 Å². The standard InChI is InChI=1S/C19H19ClN2O3/c1-24-9-3-4-17(23)14-7-5-13(6-8-14)15-10-18(25-2)19-16(20)11-21-22(19)12-15/h5-8,10-12H,3-4,9H2,1-2H3. The maximum atomic E-state index is 12.1. The van der Waals surface area contributed by atoms with Crippen molar-refractivity contribution < 1.29 is 14.3 Å². The highest BCUT2D eigenvalue weighted by atomic mass is 35.5. The number of aromatic nitrogens is 2. The average molecular weight is 359 g/mol. The molecule has 25 heavy (non-hydrogen) atoms. The molecular weight excluding hydrogens is 340 g/mol. The van der Waals surface area contributed by atoms with Crippen molar-refractivity contribution in [2.45, 2.75) is 12.8 Å². The molecule has 3 rings (SSSR count). The van der Waals surface area contributed by atoms with Gasteiger partial charge in [0, 0.05) is 37.5 Å². The minimum Gasteiger partial charge on any atom is -0.494 e. The molecule has 3 aromatic rings. The number of halogens is 1. The monoisotopic (exact) mass is 358 g/mol. The van der Waals surface area contributed by atoms with Gasteiger partial charge in [-0.1, -0.05) is 35.9 Å². The third kappa shape index (κ3) is 3.67. The molecule has 0 atom stereocenters. The molecule has 0 N–H and O–H groups in total. The lowest BCUT2D eigenvalue weighted by Crippen LogP contribution is -2.01. The van der Waals surface area contributed by atoms with Gasteiger partial charge in [0.15, 0.2) is 5.78 Å². The van der Waals surface area contributed by atoms with Gasteiger partial charge in [-0.05, 0) is 18.1 Å². The highest BCUT2D eigenvalue weighted by molar-refractivity contribution is 6.34. The van der Waals surface area contributed by atoms with Crippen molar-refractivity contribution in [1.29, 1.82) is 0 Å². The maximum Gasteiger partial charge on any atom is 0.162 e. The number of Topliss-reactive ketones (excluding diaryl/α,β-unsaturated/α-hetero) is 1. The van der Waals surface area contributed by atoms with Crippen LogP contribution in [0.1, 0.15) is 23.2 Å². The molecule has 0 bridgehead atoms. The van der Waals surface area contributed by atoms with Crippen molar-refractivity contribution in [1.82, 2.24) is 9.61 Å². The first kappa shape index (κ1) is 17.5. The number of benzene rings is 1. The predicted molar refractivity (Wildman–Crippen MR) is 97.6 cm³/mol. The largest absolute Gasteiger partial charge is 0.494 e. The topological polar surface area (TPSA) is 52.8 Å². The fourth-order valence-electron chi connectivity index (χ4n) is 2.73. The summed E-state index contributed by atoms with van der Waals surface area (Å²) in [5.74, 6) is 0.773. The lowest BCUT2D eigenvalue weighted by molar-refractivity contribution is 0.0963. The number of ketones is 1. The minimum atomic E-state index is 0.121. The van der Waals surface area contributed by atoms with E-state index in [0.29, 0.717) is 29.4 Å². The van der Waals surface area contributed by atoms with E-state index >= 15 is 0 Å². The summed E-state index contributed by atoms with van der Waals surface area (Å²) >= 11 is 6.15. The van der Waals surface area contributed by atoms with Crippen LogP contribution in [0.25, 0.3) is 16.6 Å². The number of nitrogens with zero attached hydrogens (tertiary/aromatic N) is 2. The highest BCUT2D eigenvalue weighted by Crippen LogP contribution is 2.32. The van der Waals surface area contributed by atoms with Gasteiger partial charge in [0.2, 0.25) is 0 Å². The number of carbonyl (C=O) groups excluding carboxylic acids is 1. The van der Waals surface area contributed by atoms with E-state index in [1.807, 2.05) is 36.5 Å². The summed E-state index contributed by atoms with van der Waals surface area (Å²) < 4.78 is 12.1. The Labute approximate surface area is 151 Å². The van der Waals surface area contributed by atoms with Crippen molar-refractivity contribution in [3.05, 3.63) is 53.3 Å². The first-order valence-corrected chi connectivity index (χ1v) is 8.35. The fraction of sp³-hybridized carbons (Fsp3) is 0.263. The second-order valence-electron chi connectivity index (χ2n) is 5.68. The molecule has 0 radical (unpaired) electrons. The van der Waals surface area contributed by atoms with Crippen molar-refractivity contribution in [3.8, 4) is 16.9 Å². The Bertz CT molecular complexity index is 888. The molecule has 0 saturated carbocycles. The second-order valence-corrected chi connectivity index (χ2v) is 6.09. The quantitative estimate of drug-likeness (QED) is 0.467. The summed E-state index contributed by atoms with van der Waals surface area (Å²) in [7, 11) is 3.24. The molecule has 0 fully saturated rings. The van der Waals surface area contributed by atoms with E-state index in [1.54, 1.807) is 24.9 Å². The van der Waals surface area contributed by atoms with Crippen LogP contribution in [0.3, 0.4) is 0 Å². The van der Waals surface area contributed by atoms with E-state index in [4.69, 9.17) is 21.1 Å². The lowest BCUT2D eigenvalue weighted by Gasteiger charge is -2.09. The normalized spacial score (nSPS) is 11.0. The molecule has 0 amide bonds. The molecule has 0 aliphatic heterocycles. The van der Waals surface area contributed by atoms with Crippen molar-refractivity contribution in [2.24, 2.45) is 0 Å². The van der Waals surface area contributed by atoms with Crippen LogP contribution >= 0.6 is 11.6 Å². The number of pyridine rings is 1. The Morgan fingerprint density at radius 2 is 1.96 bits per heavy atom. The van der Waals surface area contributed by atoms with Gasteiger partial charge in [-0.25, -0.2) is 4.52 Å². The van der Waals surface area contributed by atoms with Gasteiger partial charge in [0.25, 0.3) is 0 Å². The smallest absolute Gasteiger partial charge is 0.162 e. The minimum absolute atomic E-state index is 0.121. The Kier molecular flexibility index (Phi) is 5.36. The zero-order chi connectivity index (χ0) is 17.8. The third-order valence-corrected chi connectivity index (χ3v) is 4.32. The number of hydrogen-bond donors (Lipinski definition) is 0. The second kappa shape index (κ2) is 7.68.